The summed E-state index contributed by atoms with van der Waals surface area (Å²) in [6.07, 6.45) is 4.83. The number of hydrogen-bond acceptors (Lipinski definition) is 4. The molecule has 5 heteroatoms. The van der Waals surface area contributed by atoms with E-state index in [1.54, 1.807) is 24.7 Å². The van der Waals surface area contributed by atoms with Gasteiger partial charge in [-0.25, -0.2) is 0 Å². The Morgan fingerprint density at radius 2 is 1.90 bits per heavy atom. The van der Waals surface area contributed by atoms with Gasteiger partial charge in [0.05, 0.1) is 11.8 Å². The fourth-order valence-corrected chi connectivity index (χ4v) is 1.96. The molecular weight excluding hydrogens is 252 g/mol. The van der Waals surface area contributed by atoms with Crippen LogP contribution in [-0.2, 0) is 0 Å². The van der Waals surface area contributed by atoms with Gasteiger partial charge in [0.2, 0.25) is 0 Å². The van der Waals surface area contributed by atoms with E-state index in [1.165, 1.54) is 0 Å². The summed E-state index contributed by atoms with van der Waals surface area (Å²) in [6.45, 7) is 0. The van der Waals surface area contributed by atoms with Gasteiger partial charge in [0.1, 0.15) is 11.4 Å². The van der Waals surface area contributed by atoms with Crippen LogP contribution < -0.4 is 10.5 Å². The van der Waals surface area contributed by atoms with Gasteiger partial charge in [0.25, 0.3) is 0 Å². The first kappa shape index (κ1) is 12.1. The van der Waals surface area contributed by atoms with Gasteiger partial charge in [0.15, 0.2) is 11.5 Å². The number of aromatic nitrogens is 2. The molecule has 0 saturated carbocycles. The van der Waals surface area contributed by atoms with Gasteiger partial charge in [-0.05, 0) is 18.2 Å². The van der Waals surface area contributed by atoms with Crippen molar-refractivity contribution in [3.8, 4) is 11.5 Å². The van der Waals surface area contributed by atoms with Crippen molar-refractivity contribution in [2.45, 2.75) is 0 Å². The number of para-hydroxylation sites is 1. The van der Waals surface area contributed by atoms with Crippen LogP contribution in [0.5, 0.6) is 11.5 Å². The summed E-state index contributed by atoms with van der Waals surface area (Å²) in [5.41, 5.74) is 6.81. The van der Waals surface area contributed by atoms with Gasteiger partial charge in [-0.2, -0.15) is 0 Å². The van der Waals surface area contributed by atoms with E-state index in [4.69, 9.17) is 15.9 Å². The third kappa shape index (κ3) is 2.16. The first-order valence-electron chi connectivity index (χ1n) is 6.06. The Bertz CT molecular complexity index is 780. The number of amidine groups is 1. The molecule has 3 aromatic rings. The van der Waals surface area contributed by atoms with Crippen LogP contribution in [0, 0.1) is 5.41 Å². The third-order valence-corrected chi connectivity index (χ3v) is 2.89. The maximum Gasteiger partial charge on any atom is 0.156 e. The topological polar surface area (TPSA) is 84.9 Å². The van der Waals surface area contributed by atoms with Gasteiger partial charge in [-0.15, -0.1) is 0 Å². The fraction of sp³-hybridized carbons (Fsp3) is 0. The second kappa shape index (κ2) is 4.97. The lowest BCUT2D eigenvalue weighted by Gasteiger charge is -2.10. The zero-order chi connectivity index (χ0) is 13.9. The molecule has 0 unspecified atom stereocenters. The predicted octanol–water partition coefficient (Wildman–Crippen LogP) is 2.71. The van der Waals surface area contributed by atoms with E-state index < -0.39 is 0 Å². The molecule has 3 rings (SSSR count). The molecule has 0 aliphatic carbocycles. The first-order valence-corrected chi connectivity index (χ1v) is 6.06. The number of ether oxygens (including phenoxy) is 1. The molecule has 98 valence electrons. The summed E-state index contributed by atoms with van der Waals surface area (Å²) in [5.74, 6) is 0.993. The quantitative estimate of drug-likeness (QED) is 0.562. The molecule has 0 spiro atoms. The van der Waals surface area contributed by atoms with Gasteiger partial charge < -0.3 is 10.5 Å². The molecule has 0 amide bonds. The SMILES string of the molecule is N=C(N)c1ccncc1Oc1cccc2cccnc12. The van der Waals surface area contributed by atoms with Crippen LogP contribution in [0.3, 0.4) is 0 Å². The second-order valence-corrected chi connectivity index (χ2v) is 4.22. The lowest BCUT2D eigenvalue weighted by Crippen LogP contribution is -2.12. The number of hydrogen-bond donors (Lipinski definition) is 2. The van der Waals surface area contributed by atoms with E-state index in [0.717, 1.165) is 10.9 Å². The van der Waals surface area contributed by atoms with Crippen molar-refractivity contribution in [3.05, 3.63) is 60.6 Å². The van der Waals surface area contributed by atoms with Crippen LogP contribution in [-0.4, -0.2) is 15.8 Å². The van der Waals surface area contributed by atoms with Crippen molar-refractivity contribution >= 4 is 16.7 Å². The predicted molar refractivity (Wildman–Crippen MR) is 77.1 cm³/mol. The van der Waals surface area contributed by atoms with E-state index in [0.29, 0.717) is 17.1 Å². The van der Waals surface area contributed by atoms with Gasteiger partial charge >= 0.3 is 0 Å². The Morgan fingerprint density at radius 1 is 1.05 bits per heavy atom. The zero-order valence-electron chi connectivity index (χ0n) is 10.6. The first-order chi connectivity index (χ1) is 9.75. The van der Waals surface area contributed by atoms with Crippen LogP contribution >= 0.6 is 0 Å². The molecule has 0 aliphatic heterocycles. The van der Waals surface area contributed by atoms with Crippen LogP contribution in [0.2, 0.25) is 0 Å². The maximum absolute atomic E-state index is 7.56. The van der Waals surface area contributed by atoms with Crippen molar-refractivity contribution < 1.29 is 4.74 Å². The Labute approximate surface area is 115 Å². The normalized spacial score (nSPS) is 10.4. The van der Waals surface area contributed by atoms with Crippen LogP contribution in [0.4, 0.5) is 0 Å². The van der Waals surface area contributed by atoms with E-state index in [2.05, 4.69) is 9.97 Å². The van der Waals surface area contributed by atoms with Crippen molar-refractivity contribution in [2.75, 3.05) is 0 Å². The Kier molecular flexibility index (Phi) is 3.01. The average Bonchev–Trinajstić information content (AvgIpc) is 2.48. The number of nitrogen functional groups attached to an aromatic ring is 1. The fourth-order valence-electron chi connectivity index (χ4n) is 1.96. The molecule has 2 heterocycles. The third-order valence-electron chi connectivity index (χ3n) is 2.89. The number of rotatable bonds is 3. The molecule has 0 radical (unpaired) electrons. The summed E-state index contributed by atoms with van der Waals surface area (Å²) >= 11 is 0. The molecule has 20 heavy (non-hydrogen) atoms. The van der Waals surface area contributed by atoms with Crippen molar-refractivity contribution in [2.24, 2.45) is 5.73 Å². The summed E-state index contributed by atoms with van der Waals surface area (Å²) in [5, 5.41) is 8.54. The van der Waals surface area contributed by atoms with E-state index in [-0.39, 0.29) is 5.84 Å². The van der Waals surface area contributed by atoms with Crippen molar-refractivity contribution in [1.29, 1.82) is 5.41 Å². The summed E-state index contributed by atoms with van der Waals surface area (Å²) < 4.78 is 5.84. The minimum absolute atomic E-state index is 0.0596. The number of nitrogens with one attached hydrogen (secondary N) is 1. The second-order valence-electron chi connectivity index (χ2n) is 4.22. The largest absolute Gasteiger partial charge is 0.453 e. The highest BCUT2D eigenvalue weighted by Gasteiger charge is 2.10. The Hall–Kier alpha value is -2.95. The number of pyridine rings is 2. The average molecular weight is 264 g/mol. The lowest BCUT2D eigenvalue weighted by atomic mass is 10.2. The Morgan fingerprint density at radius 3 is 2.75 bits per heavy atom. The standard InChI is InChI=1S/C15H12N4O/c16-15(17)11-6-8-18-9-13(11)20-12-5-1-3-10-4-2-7-19-14(10)12/h1-9H,(H3,16,17). The van der Waals surface area contributed by atoms with Crippen LogP contribution in [0.1, 0.15) is 5.56 Å². The minimum atomic E-state index is -0.0596. The number of fused-ring (bicyclic) bond motifs is 1. The molecule has 0 atom stereocenters. The molecule has 2 aromatic heterocycles. The smallest absolute Gasteiger partial charge is 0.156 e. The summed E-state index contributed by atoms with van der Waals surface area (Å²) in [6, 6.07) is 11.2. The summed E-state index contributed by atoms with van der Waals surface area (Å²) in [7, 11) is 0. The number of nitrogens with zero attached hydrogens (tertiary/aromatic N) is 2. The summed E-state index contributed by atoms with van der Waals surface area (Å²) in [4.78, 5) is 8.33. The van der Waals surface area contributed by atoms with Gasteiger partial charge in [-0.3, -0.25) is 15.4 Å². The monoisotopic (exact) mass is 264 g/mol. The molecule has 3 N–H and O–H groups in total. The molecule has 0 fully saturated rings. The highest BCUT2D eigenvalue weighted by molar-refractivity contribution is 5.97. The Balaban J connectivity index is 2.08. The molecular formula is C15H12N4O. The van der Waals surface area contributed by atoms with Crippen molar-refractivity contribution in [3.63, 3.8) is 0 Å². The van der Waals surface area contributed by atoms with E-state index in [9.17, 15) is 0 Å². The molecule has 1 aromatic carbocycles. The highest BCUT2D eigenvalue weighted by Crippen LogP contribution is 2.29. The van der Waals surface area contributed by atoms with Crippen molar-refractivity contribution in [1.82, 2.24) is 9.97 Å². The molecule has 0 saturated heterocycles. The molecule has 0 aliphatic rings. The minimum Gasteiger partial charge on any atom is -0.453 e. The number of benzene rings is 1. The molecule has 0 bridgehead atoms. The van der Waals surface area contributed by atoms with Crippen LogP contribution in [0.15, 0.2) is 55.0 Å². The number of nitrogens with two attached hydrogens (primary N) is 1. The lowest BCUT2D eigenvalue weighted by molar-refractivity contribution is 0.483. The van der Waals surface area contributed by atoms with Gasteiger partial charge in [-0.1, -0.05) is 18.2 Å². The molecule has 5 nitrogen and oxygen atoms in total. The van der Waals surface area contributed by atoms with Gasteiger partial charge in [0, 0.05) is 17.8 Å². The van der Waals surface area contributed by atoms with Crippen LogP contribution in [0.25, 0.3) is 10.9 Å². The van der Waals surface area contributed by atoms with E-state index >= 15 is 0 Å². The zero-order valence-corrected chi connectivity index (χ0v) is 10.6. The maximum atomic E-state index is 7.56. The highest BCUT2D eigenvalue weighted by atomic mass is 16.5. The van der Waals surface area contributed by atoms with E-state index in [1.807, 2.05) is 30.3 Å².